The standard InChI is InChI=1S/C10H13N3O3/c1-13(6-9(11)12-16)10(15)7-3-2-4-8(14)5-7/h2-5,14,16H,6H2,1H3,(H2,11,12). The number of rotatable bonds is 3. The Balaban J connectivity index is 2.78. The highest BCUT2D eigenvalue weighted by Crippen LogP contribution is 2.12. The number of aromatic hydroxyl groups is 1. The minimum absolute atomic E-state index is 0.0167. The minimum Gasteiger partial charge on any atom is -0.508 e. The molecule has 0 aliphatic heterocycles. The van der Waals surface area contributed by atoms with Crippen molar-refractivity contribution < 1.29 is 15.1 Å². The molecule has 6 nitrogen and oxygen atoms in total. The summed E-state index contributed by atoms with van der Waals surface area (Å²) in [5.41, 5.74) is 5.62. The van der Waals surface area contributed by atoms with Crippen LogP contribution in [0.1, 0.15) is 10.4 Å². The van der Waals surface area contributed by atoms with Gasteiger partial charge < -0.3 is 20.9 Å². The Morgan fingerprint density at radius 3 is 2.81 bits per heavy atom. The van der Waals surface area contributed by atoms with Crippen LogP contribution in [0.25, 0.3) is 0 Å². The predicted octanol–water partition coefficient (Wildman–Crippen LogP) is 0.211. The van der Waals surface area contributed by atoms with Crippen molar-refractivity contribution in [2.24, 2.45) is 10.9 Å². The van der Waals surface area contributed by atoms with Crippen molar-refractivity contribution >= 4 is 11.7 Å². The average Bonchev–Trinajstić information content (AvgIpc) is 2.27. The van der Waals surface area contributed by atoms with Gasteiger partial charge in [-0.05, 0) is 18.2 Å². The van der Waals surface area contributed by atoms with E-state index in [9.17, 15) is 9.90 Å². The number of phenolic OH excluding ortho intramolecular Hbond substituents is 1. The number of amidine groups is 1. The molecule has 86 valence electrons. The fourth-order valence-corrected chi connectivity index (χ4v) is 1.21. The van der Waals surface area contributed by atoms with E-state index in [1.807, 2.05) is 0 Å². The first-order valence-electron chi connectivity index (χ1n) is 4.55. The lowest BCUT2D eigenvalue weighted by molar-refractivity contribution is 0.0813. The molecule has 1 amide bonds. The van der Waals surface area contributed by atoms with Crippen LogP contribution in [0.5, 0.6) is 5.75 Å². The van der Waals surface area contributed by atoms with E-state index in [-0.39, 0.29) is 24.0 Å². The summed E-state index contributed by atoms with van der Waals surface area (Å²) >= 11 is 0. The molecule has 0 saturated carbocycles. The van der Waals surface area contributed by atoms with Crippen molar-refractivity contribution in [2.45, 2.75) is 0 Å². The molecular formula is C10H13N3O3. The number of hydrogen-bond donors (Lipinski definition) is 3. The van der Waals surface area contributed by atoms with E-state index in [4.69, 9.17) is 10.9 Å². The zero-order chi connectivity index (χ0) is 12.1. The molecular weight excluding hydrogens is 210 g/mol. The van der Waals surface area contributed by atoms with Gasteiger partial charge >= 0.3 is 0 Å². The first-order chi connectivity index (χ1) is 7.54. The zero-order valence-electron chi connectivity index (χ0n) is 8.79. The summed E-state index contributed by atoms with van der Waals surface area (Å²) in [6.07, 6.45) is 0. The van der Waals surface area contributed by atoms with E-state index in [0.717, 1.165) is 0 Å². The summed E-state index contributed by atoms with van der Waals surface area (Å²) in [6, 6.07) is 5.97. The summed E-state index contributed by atoms with van der Waals surface area (Å²) in [4.78, 5) is 13.1. The maximum absolute atomic E-state index is 11.8. The molecule has 16 heavy (non-hydrogen) atoms. The van der Waals surface area contributed by atoms with Crippen LogP contribution in [0.15, 0.2) is 29.4 Å². The Morgan fingerprint density at radius 1 is 1.56 bits per heavy atom. The SMILES string of the molecule is CN(CC(N)=NO)C(=O)c1cccc(O)c1. The number of likely N-dealkylation sites (N-methyl/N-ethyl adjacent to an activating group) is 1. The monoisotopic (exact) mass is 223 g/mol. The number of benzene rings is 1. The molecule has 0 aliphatic carbocycles. The van der Waals surface area contributed by atoms with Gasteiger partial charge in [-0.15, -0.1) is 0 Å². The summed E-state index contributed by atoms with van der Waals surface area (Å²) in [7, 11) is 1.52. The molecule has 0 aliphatic rings. The zero-order valence-corrected chi connectivity index (χ0v) is 8.79. The van der Waals surface area contributed by atoms with Gasteiger partial charge in [0.25, 0.3) is 5.91 Å². The van der Waals surface area contributed by atoms with E-state index >= 15 is 0 Å². The van der Waals surface area contributed by atoms with E-state index in [1.54, 1.807) is 12.1 Å². The lowest BCUT2D eigenvalue weighted by Crippen LogP contribution is -2.35. The fraction of sp³-hybridized carbons (Fsp3) is 0.200. The van der Waals surface area contributed by atoms with Crippen LogP contribution in [0.4, 0.5) is 0 Å². The third kappa shape index (κ3) is 2.88. The molecule has 1 aromatic carbocycles. The quantitative estimate of drug-likeness (QED) is 0.295. The summed E-state index contributed by atoms with van der Waals surface area (Å²) in [5.74, 6) is -0.360. The van der Waals surface area contributed by atoms with E-state index in [2.05, 4.69) is 5.16 Å². The molecule has 0 heterocycles. The highest BCUT2D eigenvalue weighted by Gasteiger charge is 2.13. The number of carbonyl (C=O) groups excluding carboxylic acids is 1. The van der Waals surface area contributed by atoms with Gasteiger partial charge in [0.05, 0.1) is 6.54 Å². The second-order valence-electron chi connectivity index (χ2n) is 3.30. The van der Waals surface area contributed by atoms with Crippen LogP contribution in [0.2, 0.25) is 0 Å². The number of nitrogens with zero attached hydrogens (tertiary/aromatic N) is 2. The van der Waals surface area contributed by atoms with Gasteiger partial charge in [-0.1, -0.05) is 11.2 Å². The van der Waals surface area contributed by atoms with Crippen LogP contribution in [-0.2, 0) is 0 Å². The van der Waals surface area contributed by atoms with Crippen LogP contribution in [0, 0.1) is 0 Å². The number of hydrogen-bond acceptors (Lipinski definition) is 4. The lowest BCUT2D eigenvalue weighted by atomic mass is 10.2. The van der Waals surface area contributed by atoms with E-state index in [0.29, 0.717) is 5.56 Å². The second-order valence-corrected chi connectivity index (χ2v) is 3.30. The molecule has 1 aromatic rings. The topological polar surface area (TPSA) is 99.1 Å². The number of nitrogens with two attached hydrogens (primary N) is 1. The van der Waals surface area contributed by atoms with Gasteiger partial charge in [0.2, 0.25) is 0 Å². The number of phenols is 1. The Kier molecular flexibility index (Phi) is 3.71. The van der Waals surface area contributed by atoms with Gasteiger partial charge in [-0.3, -0.25) is 4.79 Å². The van der Waals surface area contributed by atoms with Gasteiger partial charge in [0.15, 0.2) is 5.84 Å². The third-order valence-corrected chi connectivity index (χ3v) is 1.97. The molecule has 1 rings (SSSR count). The molecule has 0 aromatic heterocycles. The van der Waals surface area contributed by atoms with Crippen LogP contribution in [0.3, 0.4) is 0 Å². The summed E-state index contributed by atoms with van der Waals surface area (Å²) in [6.45, 7) is 0.0188. The van der Waals surface area contributed by atoms with Crippen molar-refractivity contribution in [3.8, 4) is 5.75 Å². The number of oxime groups is 1. The summed E-state index contributed by atoms with van der Waals surface area (Å²) in [5, 5.41) is 20.4. The van der Waals surface area contributed by atoms with Gasteiger partial charge in [0.1, 0.15) is 5.75 Å². The molecule has 6 heteroatoms. The van der Waals surface area contributed by atoms with Gasteiger partial charge in [-0.2, -0.15) is 0 Å². The van der Waals surface area contributed by atoms with Crippen molar-refractivity contribution in [1.82, 2.24) is 4.90 Å². The fourth-order valence-electron chi connectivity index (χ4n) is 1.21. The van der Waals surface area contributed by atoms with Crippen molar-refractivity contribution in [3.05, 3.63) is 29.8 Å². The second kappa shape index (κ2) is 5.01. The first-order valence-corrected chi connectivity index (χ1v) is 4.55. The van der Waals surface area contributed by atoms with Crippen LogP contribution < -0.4 is 5.73 Å². The molecule has 0 spiro atoms. The molecule has 0 fully saturated rings. The highest BCUT2D eigenvalue weighted by molar-refractivity contribution is 5.97. The van der Waals surface area contributed by atoms with Crippen molar-refractivity contribution in [2.75, 3.05) is 13.6 Å². The number of carbonyl (C=O) groups is 1. The van der Waals surface area contributed by atoms with Crippen LogP contribution in [-0.4, -0.2) is 40.5 Å². The Labute approximate surface area is 92.6 Å². The maximum atomic E-state index is 11.8. The van der Waals surface area contributed by atoms with Crippen LogP contribution >= 0.6 is 0 Å². The smallest absolute Gasteiger partial charge is 0.254 e. The molecule has 0 bridgehead atoms. The molecule has 4 N–H and O–H groups in total. The normalized spacial score (nSPS) is 11.2. The minimum atomic E-state index is -0.317. The Hall–Kier alpha value is -2.24. The molecule has 0 unspecified atom stereocenters. The van der Waals surface area contributed by atoms with Gasteiger partial charge in [-0.25, -0.2) is 0 Å². The third-order valence-electron chi connectivity index (χ3n) is 1.97. The molecule has 0 saturated heterocycles. The Bertz CT molecular complexity index is 418. The molecule has 0 radical (unpaired) electrons. The van der Waals surface area contributed by atoms with Crippen molar-refractivity contribution in [3.63, 3.8) is 0 Å². The van der Waals surface area contributed by atoms with Gasteiger partial charge in [0, 0.05) is 12.6 Å². The summed E-state index contributed by atoms with van der Waals surface area (Å²) < 4.78 is 0. The maximum Gasteiger partial charge on any atom is 0.254 e. The first kappa shape index (κ1) is 11.8. The average molecular weight is 223 g/mol. The highest BCUT2D eigenvalue weighted by atomic mass is 16.4. The lowest BCUT2D eigenvalue weighted by Gasteiger charge is -2.16. The Morgan fingerprint density at radius 2 is 2.25 bits per heavy atom. The predicted molar refractivity (Wildman–Crippen MR) is 58.5 cm³/mol. The molecule has 0 atom stereocenters. The van der Waals surface area contributed by atoms with Crippen molar-refractivity contribution in [1.29, 1.82) is 0 Å². The largest absolute Gasteiger partial charge is 0.508 e. The van der Waals surface area contributed by atoms with E-state index < -0.39 is 0 Å². The number of amides is 1. The van der Waals surface area contributed by atoms with E-state index in [1.165, 1.54) is 24.1 Å².